The number of rotatable bonds is 5. The number of benzene rings is 2. The number of amides is 2. The lowest BCUT2D eigenvalue weighted by Gasteiger charge is -2.22. The Balaban J connectivity index is 1.63. The summed E-state index contributed by atoms with van der Waals surface area (Å²) in [4.78, 5) is 35.7. The number of carbonyl (C=O) groups excluding carboxylic acids is 2. The fourth-order valence-corrected chi connectivity index (χ4v) is 4.26. The largest absolute Gasteiger partial charge is 0.507 e. The lowest BCUT2D eigenvalue weighted by Crippen LogP contribution is -2.44. The number of aromatic hydroxyl groups is 1. The molecule has 12 heteroatoms. The summed E-state index contributed by atoms with van der Waals surface area (Å²) < 4.78 is 32.3. The quantitative estimate of drug-likeness (QED) is 0.438. The summed E-state index contributed by atoms with van der Waals surface area (Å²) in [5, 5.41) is 21.2. The summed E-state index contributed by atoms with van der Waals surface area (Å²) in [6.07, 6.45) is 1.10. The fourth-order valence-electron chi connectivity index (χ4n) is 3.18. The maximum absolute atomic E-state index is 13.6. The molecule has 0 bridgehead atoms. The minimum atomic E-state index is -0.996. The summed E-state index contributed by atoms with van der Waals surface area (Å²) >= 11 is 1.01. The van der Waals surface area contributed by atoms with Crippen LogP contribution in [0, 0.1) is 21.7 Å². The van der Waals surface area contributed by atoms with Crippen LogP contribution in [-0.2, 0) is 4.79 Å². The number of halogens is 2. The molecular weight excluding hydrogens is 448 g/mol. The van der Waals surface area contributed by atoms with Gasteiger partial charge in [-0.3, -0.25) is 25.1 Å². The minimum absolute atomic E-state index is 0.0720. The summed E-state index contributed by atoms with van der Waals surface area (Å²) in [7, 11) is 0. The van der Waals surface area contributed by atoms with Crippen molar-refractivity contribution in [3.63, 3.8) is 0 Å². The van der Waals surface area contributed by atoms with Gasteiger partial charge in [-0.25, -0.2) is 13.8 Å². The van der Waals surface area contributed by atoms with Crippen LogP contribution in [-0.4, -0.2) is 32.6 Å². The van der Waals surface area contributed by atoms with Gasteiger partial charge < -0.3 is 9.52 Å². The van der Waals surface area contributed by atoms with Crippen molar-refractivity contribution in [2.45, 2.75) is 5.37 Å². The van der Waals surface area contributed by atoms with E-state index in [1.165, 1.54) is 18.2 Å². The highest BCUT2D eigenvalue weighted by atomic mass is 32.2. The zero-order valence-corrected chi connectivity index (χ0v) is 16.8. The molecule has 1 fully saturated rings. The van der Waals surface area contributed by atoms with Crippen LogP contribution in [0.25, 0.3) is 11.1 Å². The molecule has 164 valence electrons. The first kappa shape index (κ1) is 21.3. The van der Waals surface area contributed by atoms with E-state index >= 15 is 0 Å². The lowest BCUT2D eigenvalue weighted by atomic mass is 10.0. The van der Waals surface area contributed by atoms with E-state index in [9.17, 15) is 33.6 Å². The second-order valence-corrected chi connectivity index (χ2v) is 7.75. The molecule has 1 atom stereocenters. The third-order valence-electron chi connectivity index (χ3n) is 4.62. The summed E-state index contributed by atoms with van der Waals surface area (Å²) in [5.74, 6) is -3.72. The van der Waals surface area contributed by atoms with Crippen molar-refractivity contribution in [1.82, 2.24) is 10.4 Å². The van der Waals surface area contributed by atoms with Crippen LogP contribution in [0.2, 0.25) is 0 Å². The van der Waals surface area contributed by atoms with Crippen LogP contribution in [0.15, 0.2) is 53.1 Å². The van der Waals surface area contributed by atoms with Crippen LogP contribution in [0.5, 0.6) is 5.75 Å². The number of nitrogens with zero attached hydrogens (tertiary/aromatic N) is 2. The Kier molecular flexibility index (Phi) is 5.53. The van der Waals surface area contributed by atoms with Gasteiger partial charge in [0, 0.05) is 6.07 Å². The Morgan fingerprint density at radius 2 is 1.91 bits per heavy atom. The Hall–Kier alpha value is -3.93. The number of hydrogen-bond acceptors (Lipinski definition) is 7. The van der Waals surface area contributed by atoms with E-state index in [0.717, 1.165) is 41.2 Å². The molecule has 32 heavy (non-hydrogen) atoms. The fraction of sp³-hybridized carbons (Fsp3) is 0.100. The molecule has 9 nitrogen and oxygen atoms in total. The molecule has 2 N–H and O–H groups in total. The second-order valence-electron chi connectivity index (χ2n) is 6.69. The van der Waals surface area contributed by atoms with Gasteiger partial charge in [0.2, 0.25) is 5.76 Å². The van der Waals surface area contributed by atoms with E-state index in [1.807, 2.05) is 0 Å². The van der Waals surface area contributed by atoms with Gasteiger partial charge in [-0.05, 0) is 35.4 Å². The third kappa shape index (κ3) is 3.99. The monoisotopic (exact) mass is 461 g/mol. The standard InChI is InChI=1S/C20H13F2N3O6S/c21-12-5-11(6-13(22)8-12)10-1-2-16(26)14(7-10)19(28)23-24-17(27)9-32-20(24)18-15(25(29)30)3-4-31-18/h1-8,20,26H,9H2,(H,23,28). The van der Waals surface area contributed by atoms with E-state index in [-0.39, 0.29) is 33.9 Å². The molecule has 1 unspecified atom stereocenters. The van der Waals surface area contributed by atoms with Crippen molar-refractivity contribution >= 4 is 29.3 Å². The lowest BCUT2D eigenvalue weighted by molar-refractivity contribution is -0.386. The van der Waals surface area contributed by atoms with Gasteiger partial charge in [0.15, 0.2) is 5.37 Å². The molecule has 0 radical (unpaired) electrons. The minimum Gasteiger partial charge on any atom is -0.507 e. The molecule has 3 aromatic rings. The maximum atomic E-state index is 13.6. The summed E-state index contributed by atoms with van der Waals surface area (Å²) in [6.45, 7) is 0. The first-order valence-corrected chi connectivity index (χ1v) is 10.1. The van der Waals surface area contributed by atoms with E-state index in [1.54, 1.807) is 0 Å². The van der Waals surface area contributed by atoms with Crippen molar-refractivity contribution in [3.05, 3.63) is 81.8 Å². The molecule has 0 spiro atoms. The molecule has 0 saturated carbocycles. The van der Waals surface area contributed by atoms with Crippen LogP contribution >= 0.6 is 11.8 Å². The second kappa shape index (κ2) is 8.30. The van der Waals surface area contributed by atoms with Gasteiger partial charge in [0.05, 0.1) is 28.6 Å². The maximum Gasteiger partial charge on any atom is 0.313 e. The van der Waals surface area contributed by atoms with Gasteiger partial charge in [-0.1, -0.05) is 6.07 Å². The van der Waals surface area contributed by atoms with Crippen molar-refractivity contribution in [2.24, 2.45) is 0 Å². The number of phenolic OH excluding ortho intramolecular Hbond substituents is 1. The molecule has 1 aliphatic rings. The van der Waals surface area contributed by atoms with Crippen molar-refractivity contribution in [2.75, 3.05) is 5.75 Å². The van der Waals surface area contributed by atoms with Crippen LogP contribution in [0.3, 0.4) is 0 Å². The Labute approximate surface area is 182 Å². The highest BCUT2D eigenvalue weighted by molar-refractivity contribution is 8.00. The molecule has 2 heterocycles. The number of phenols is 1. The summed E-state index contributed by atoms with van der Waals surface area (Å²) in [5.41, 5.74) is 2.07. The van der Waals surface area contributed by atoms with Gasteiger partial charge in [-0.15, -0.1) is 11.8 Å². The van der Waals surface area contributed by atoms with Crippen molar-refractivity contribution < 1.29 is 32.8 Å². The summed E-state index contributed by atoms with van der Waals surface area (Å²) in [6, 6.07) is 7.69. The molecular formula is C20H13F2N3O6S. The van der Waals surface area contributed by atoms with E-state index in [4.69, 9.17) is 4.42 Å². The molecule has 1 aliphatic heterocycles. The number of furan rings is 1. The van der Waals surface area contributed by atoms with Crippen LogP contribution < -0.4 is 5.43 Å². The van der Waals surface area contributed by atoms with E-state index < -0.39 is 39.5 Å². The molecule has 2 amide bonds. The van der Waals surface area contributed by atoms with E-state index in [2.05, 4.69) is 5.43 Å². The average molecular weight is 461 g/mol. The molecule has 2 aromatic carbocycles. The number of hydrogen-bond donors (Lipinski definition) is 2. The number of nitro groups is 1. The zero-order valence-electron chi connectivity index (χ0n) is 16.0. The van der Waals surface area contributed by atoms with E-state index in [0.29, 0.717) is 6.07 Å². The third-order valence-corrected chi connectivity index (χ3v) is 5.78. The van der Waals surface area contributed by atoms with Crippen molar-refractivity contribution in [3.8, 4) is 16.9 Å². The molecule has 0 aliphatic carbocycles. The molecule has 1 saturated heterocycles. The first-order valence-electron chi connectivity index (χ1n) is 9.00. The predicted octanol–water partition coefficient (Wildman–Crippen LogP) is 3.76. The Morgan fingerprint density at radius 3 is 2.59 bits per heavy atom. The predicted molar refractivity (Wildman–Crippen MR) is 108 cm³/mol. The number of nitrogens with one attached hydrogen (secondary N) is 1. The highest BCUT2D eigenvalue weighted by Crippen LogP contribution is 2.42. The Bertz CT molecular complexity index is 1230. The number of carbonyl (C=O) groups is 2. The van der Waals surface area contributed by atoms with Gasteiger partial charge in [0.1, 0.15) is 17.4 Å². The van der Waals surface area contributed by atoms with Gasteiger partial charge in [0.25, 0.3) is 11.8 Å². The number of thioether (sulfide) groups is 1. The average Bonchev–Trinajstić information content (AvgIpc) is 3.35. The van der Waals surface area contributed by atoms with Crippen LogP contribution in [0.1, 0.15) is 21.5 Å². The van der Waals surface area contributed by atoms with Crippen LogP contribution in [0.4, 0.5) is 14.5 Å². The normalized spacial score (nSPS) is 15.8. The Morgan fingerprint density at radius 1 is 1.19 bits per heavy atom. The smallest absolute Gasteiger partial charge is 0.313 e. The first-order chi connectivity index (χ1) is 15.2. The topological polar surface area (TPSA) is 126 Å². The number of hydrazine groups is 1. The molecule has 1 aromatic heterocycles. The van der Waals surface area contributed by atoms with Gasteiger partial charge in [-0.2, -0.15) is 0 Å². The SMILES string of the molecule is O=C(NN1C(=O)CSC1c1occc1[N+](=O)[O-])c1cc(-c2cc(F)cc(F)c2)ccc1O. The van der Waals surface area contributed by atoms with Crippen molar-refractivity contribution in [1.29, 1.82) is 0 Å². The van der Waals surface area contributed by atoms with Gasteiger partial charge >= 0.3 is 5.69 Å². The molecule has 4 rings (SSSR count). The zero-order chi connectivity index (χ0) is 23.0. The highest BCUT2D eigenvalue weighted by Gasteiger charge is 2.40.